The van der Waals surface area contributed by atoms with Crippen LogP contribution in [-0.2, 0) is 4.79 Å². The van der Waals surface area contributed by atoms with Crippen molar-refractivity contribution in [2.24, 2.45) is 5.92 Å². The van der Waals surface area contributed by atoms with Crippen molar-refractivity contribution in [3.8, 4) is 11.3 Å². The average molecular weight is 417 g/mol. The molecule has 0 aliphatic heterocycles. The normalized spacial score (nSPS) is 10.8. The number of furan rings is 1. The van der Waals surface area contributed by atoms with Crippen LogP contribution < -0.4 is 10.6 Å². The molecular weight excluding hydrogens is 399 g/mol. The van der Waals surface area contributed by atoms with Gasteiger partial charge in [0.25, 0.3) is 5.91 Å². The molecule has 7 heteroatoms. The minimum atomic E-state index is -0.393. The third kappa shape index (κ3) is 4.74. The van der Waals surface area contributed by atoms with E-state index in [4.69, 9.17) is 27.6 Å². The summed E-state index contributed by atoms with van der Waals surface area (Å²) in [5, 5.41) is 6.50. The molecule has 0 aliphatic carbocycles. The van der Waals surface area contributed by atoms with Crippen LogP contribution in [0.5, 0.6) is 0 Å². The highest BCUT2D eigenvalue weighted by Crippen LogP contribution is 2.31. The standard InChI is InChI=1S/C21H18Cl2N2O3/c1-12(2)20(26)24-14-4-6-15(7-5-14)25-21(27)19-10-9-18(28-19)16-8-3-13(22)11-17(16)23/h3-12H,1-2H3,(H,24,26)(H,25,27). The summed E-state index contributed by atoms with van der Waals surface area (Å²) in [6, 6.07) is 15.1. The van der Waals surface area contributed by atoms with Gasteiger partial charge in [-0.15, -0.1) is 0 Å². The molecule has 2 N–H and O–H groups in total. The van der Waals surface area contributed by atoms with Gasteiger partial charge in [0.15, 0.2) is 5.76 Å². The van der Waals surface area contributed by atoms with E-state index < -0.39 is 5.91 Å². The minimum Gasteiger partial charge on any atom is -0.451 e. The number of rotatable bonds is 5. The van der Waals surface area contributed by atoms with Gasteiger partial charge in [-0.2, -0.15) is 0 Å². The molecule has 0 aliphatic rings. The third-order valence-corrected chi connectivity index (χ3v) is 4.51. The number of amides is 2. The Hall–Kier alpha value is -2.76. The first-order valence-corrected chi connectivity index (χ1v) is 9.36. The lowest BCUT2D eigenvalue weighted by atomic mass is 10.2. The fourth-order valence-corrected chi connectivity index (χ4v) is 2.91. The molecule has 0 radical (unpaired) electrons. The van der Waals surface area contributed by atoms with E-state index in [2.05, 4.69) is 10.6 Å². The van der Waals surface area contributed by atoms with Crippen molar-refractivity contribution in [1.82, 2.24) is 0 Å². The zero-order valence-corrected chi connectivity index (χ0v) is 16.8. The zero-order chi connectivity index (χ0) is 20.3. The number of carbonyl (C=O) groups excluding carboxylic acids is 2. The monoisotopic (exact) mass is 416 g/mol. The van der Waals surface area contributed by atoms with E-state index in [1.54, 1.807) is 54.6 Å². The predicted molar refractivity (Wildman–Crippen MR) is 112 cm³/mol. The van der Waals surface area contributed by atoms with Crippen molar-refractivity contribution in [2.45, 2.75) is 13.8 Å². The Kier molecular flexibility index (Phi) is 6.07. The smallest absolute Gasteiger partial charge is 0.291 e. The number of hydrogen-bond donors (Lipinski definition) is 2. The Morgan fingerprint density at radius 2 is 1.54 bits per heavy atom. The van der Waals surface area contributed by atoms with Crippen LogP contribution in [0.25, 0.3) is 11.3 Å². The Balaban J connectivity index is 1.68. The third-order valence-electron chi connectivity index (χ3n) is 3.96. The van der Waals surface area contributed by atoms with Gasteiger partial charge in [0.05, 0.1) is 5.02 Å². The molecule has 3 aromatic rings. The first kappa shape index (κ1) is 20.0. The summed E-state index contributed by atoms with van der Waals surface area (Å²) in [5.74, 6) is 0.0505. The second-order valence-corrected chi connectivity index (χ2v) is 7.31. The molecule has 0 fully saturated rings. The van der Waals surface area contributed by atoms with Crippen LogP contribution in [0.2, 0.25) is 10.0 Å². The quantitative estimate of drug-likeness (QED) is 0.527. The molecule has 144 valence electrons. The van der Waals surface area contributed by atoms with Crippen molar-refractivity contribution in [3.63, 3.8) is 0 Å². The number of benzene rings is 2. The topological polar surface area (TPSA) is 71.3 Å². The van der Waals surface area contributed by atoms with E-state index in [0.29, 0.717) is 32.7 Å². The van der Waals surface area contributed by atoms with Gasteiger partial charge in [0, 0.05) is 27.9 Å². The lowest BCUT2D eigenvalue weighted by Crippen LogP contribution is -2.17. The Labute approximate surface area is 172 Å². The number of anilines is 2. The van der Waals surface area contributed by atoms with Crippen LogP contribution in [0.1, 0.15) is 24.4 Å². The van der Waals surface area contributed by atoms with Crippen molar-refractivity contribution in [2.75, 3.05) is 10.6 Å². The minimum absolute atomic E-state index is 0.0687. The SMILES string of the molecule is CC(C)C(=O)Nc1ccc(NC(=O)c2ccc(-c3ccc(Cl)cc3Cl)o2)cc1. The zero-order valence-electron chi connectivity index (χ0n) is 15.3. The maximum absolute atomic E-state index is 12.4. The molecule has 0 saturated heterocycles. The van der Waals surface area contributed by atoms with Crippen molar-refractivity contribution < 1.29 is 14.0 Å². The number of carbonyl (C=O) groups is 2. The molecule has 0 bridgehead atoms. The van der Waals surface area contributed by atoms with E-state index in [1.807, 2.05) is 13.8 Å². The van der Waals surface area contributed by atoms with Crippen LogP contribution in [0.15, 0.2) is 59.0 Å². The summed E-state index contributed by atoms with van der Waals surface area (Å²) in [4.78, 5) is 24.1. The van der Waals surface area contributed by atoms with Crippen LogP contribution in [0.3, 0.4) is 0 Å². The Morgan fingerprint density at radius 3 is 2.14 bits per heavy atom. The van der Waals surface area contributed by atoms with E-state index in [1.165, 1.54) is 0 Å². The van der Waals surface area contributed by atoms with Gasteiger partial charge in [0.1, 0.15) is 5.76 Å². The van der Waals surface area contributed by atoms with Crippen LogP contribution in [0, 0.1) is 5.92 Å². The maximum Gasteiger partial charge on any atom is 0.291 e. The summed E-state index contributed by atoms with van der Waals surface area (Å²) in [6.07, 6.45) is 0. The molecule has 3 rings (SSSR count). The predicted octanol–water partition coefficient (Wildman–Crippen LogP) is 6.10. The number of hydrogen-bond acceptors (Lipinski definition) is 3. The second kappa shape index (κ2) is 8.50. The lowest BCUT2D eigenvalue weighted by molar-refractivity contribution is -0.118. The van der Waals surface area contributed by atoms with Gasteiger partial charge in [-0.1, -0.05) is 37.0 Å². The maximum atomic E-state index is 12.4. The van der Waals surface area contributed by atoms with Gasteiger partial charge in [-0.05, 0) is 54.6 Å². The van der Waals surface area contributed by atoms with Crippen LogP contribution in [-0.4, -0.2) is 11.8 Å². The summed E-state index contributed by atoms with van der Waals surface area (Å²) >= 11 is 12.1. The van der Waals surface area contributed by atoms with E-state index >= 15 is 0 Å². The lowest BCUT2D eigenvalue weighted by Gasteiger charge is -2.09. The molecule has 0 spiro atoms. The van der Waals surface area contributed by atoms with Crippen molar-refractivity contribution >= 4 is 46.4 Å². The highest BCUT2D eigenvalue weighted by Gasteiger charge is 2.15. The molecule has 2 amide bonds. The second-order valence-electron chi connectivity index (χ2n) is 6.46. The van der Waals surface area contributed by atoms with Gasteiger partial charge in [0.2, 0.25) is 5.91 Å². The molecule has 2 aromatic carbocycles. The summed E-state index contributed by atoms with van der Waals surface area (Å²) < 4.78 is 5.63. The molecule has 1 heterocycles. The van der Waals surface area contributed by atoms with Crippen LogP contribution in [0.4, 0.5) is 11.4 Å². The van der Waals surface area contributed by atoms with Crippen molar-refractivity contribution in [1.29, 1.82) is 0 Å². The summed E-state index contributed by atoms with van der Waals surface area (Å²) in [7, 11) is 0. The largest absolute Gasteiger partial charge is 0.451 e. The number of halogens is 2. The van der Waals surface area contributed by atoms with E-state index in [-0.39, 0.29) is 17.6 Å². The highest BCUT2D eigenvalue weighted by molar-refractivity contribution is 6.36. The van der Waals surface area contributed by atoms with Crippen molar-refractivity contribution in [3.05, 3.63) is 70.4 Å². The van der Waals surface area contributed by atoms with Gasteiger partial charge < -0.3 is 15.1 Å². The first-order chi connectivity index (χ1) is 13.3. The number of nitrogens with one attached hydrogen (secondary N) is 2. The fraction of sp³-hybridized carbons (Fsp3) is 0.143. The summed E-state index contributed by atoms with van der Waals surface area (Å²) in [6.45, 7) is 3.64. The summed E-state index contributed by atoms with van der Waals surface area (Å²) in [5.41, 5.74) is 1.89. The van der Waals surface area contributed by atoms with E-state index in [0.717, 1.165) is 0 Å². The highest BCUT2D eigenvalue weighted by atomic mass is 35.5. The molecular formula is C21H18Cl2N2O3. The molecule has 5 nitrogen and oxygen atoms in total. The molecule has 28 heavy (non-hydrogen) atoms. The molecule has 1 aromatic heterocycles. The van der Waals surface area contributed by atoms with E-state index in [9.17, 15) is 9.59 Å². The van der Waals surface area contributed by atoms with Gasteiger partial charge >= 0.3 is 0 Å². The molecule has 0 saturated carbocycles. The van der Waals surface area contributed by atoms with Gasteiger partial charge in [-0.3, -0.25) is 9.59 Å². The average Bonchev–Trinajstić information content (AvgIpc) is 3.13. The molecule has 0 unspecified atom stereocenters. The van der Waals surface area contributed by atoms with Crippen LogP contribution >= 0.6 is 23.2 Å². The fourth-order valence-electron chi connectivity index (χ4n) is 2.41. The molecule has 0 atom stereocenters. The Bertz CT molecular complexity index is 1010. The van der Waals surface area contributed by atoms with Gasteiger partial charge in [-0.25, -0.2) is 0 Å². The Morgan fingerprint density at radius 1 is 0.893 bits per heavy atom. The first-order valence-electron chi connectivity index (χ1n) is 8.61.